The van der Waals surface area contributed by atoms with E-state index in [9.17, 15) is 0 Å². The molecule has 4 heterocycles. The van der Waals surface area contributed by atoms with Crippen LogP contribution in [0.4, 0.5) is 0 Å². The summed E-state index contributed by atoms with van der Waals surface area (Å²) in [5.74, 6) is 0. The number of hydrogen-bond donors (Lipinski definition) is 0. The zero-order valence-electron chi connectivity index (χ0n) is 14.2. The van der Waals surface area contributed by atoms with Gasteiger partial charge in [0.25, 0.3) is 0 Å². The second-order valence-corrected chi connectivity index (χ2v) is 6.22. The van der Waals surface area contributed by atoms with E-state index >= 15 is 0 Å². The van der Waals surface area contributed by atoms with Crippen molar-refractivity contribution in [2.75, 3.05) is 0 Å². The molecule has 4 aromatic heterocycles. The minimum absolute atomic E-state index is 0.210. The second-order valence-electron chi connectivity index (χ2n) is 5.81. The monoisotopic (exact) mass is 375 g/mol. The first-order valence-electron chi connectivity index (χ1n) is 8.26. The molecule has 4 aromatic rings. The molecule has 0 aliphatic rings. The van der Waals surface area contributed by atoms with Crippen LogP contribution in [0.2, 0.25) is 5.02 Å². The Labute approximate surface area is 160 Å². The molecule has 0 spiro atoms. The summed E-state index contributed by atoms with van der Waals surface area (Å²) in [5, 5.41) is 18.2. The van der Waals surface area contributed by atoms with E-state index in [0.29, 0.717) is 18.1 Å². The Bertz CT molecular complexity index is 1110. The third-order valence-electron chi connectivity index (χ3n) is 4.10. The smallest absolute Gasteiger partial charge is 0.159 e. The quantitative estimate of drug-likeness (QED) is 0.533. The molecule has 8 heteroatoms. The van der Waals surface area contributed by atoms with Gasteiger partial charge in [0.1, 0.15) is 6.07 Å². The molecule has 27 heavy (non-hydrogen) atoms. The first-order valence-corrected chi connectivity index (χ1v) is 8.64. The Morgan fingerprint density at radius 2 is 2.00 bits per heavy atom. The molecule has 0 bridgehead atoms. The average Bonchev–Trinajstić information content (AvgIpc) is 3.36. The second kappa shape index (κ2) is 7.40. The molecule has 0 aliphatic carbocycles. The van der Waals surface area contributed by atoms with Crippen LogP contribution >= 0.6 is 11.6 Å². The molecule has 0 N–H and O–H groups in total. The summed E-state index contributed by atoms with van der Waals surface area (Å²) in [6.07, 6.45) is 8.85. The van der Waals surface area contributed by atoms with Gasteiger partial charge in [-0.15, -0.1) is 0 Å². The summed E-state index contributed by atoms with van der Waals surface area (Å²) < 4.78 is 3.77. The number of nitriles is 1. The lowest BCUT2D eigenvalue weighted by Crippen LogP contribution is -2.10. The molecule has 0 atom stereocenters. The normalized spacial score (nSPS) is 10.7. The number of aromatic nitrogens is 6. The lowest BCUT2D eigenvalue weighted by molar-refractivity contribution is 0.504. The van der Waals surface area contributed by atoms with E-state index in [-0.39, 0.29) is 5.69 Å². The van der Waals surface area contributed by atoms with Crippen molar-refractivity contribution in [2.45, 2.75) is 13.1 Å². The van der Waals surface area contributed by atoms with Gasteiger partial charge >= 0.3 is 0 Å². The van der Waals surface area contributed by atoms with Crippen LogP contribution in [-0.2, 0) is 13.1 Å². The third kappa shape index (κ3) is 3.57. The van der Waals surface area contributed by atoms with Crippen molar-refractivity contribution in [3.05, 3.63) is 72.0 Å². The maximum atomic E-state index is 8.92. The van der Waals surface area contributed by atoms with Crippen molar-refractivity contribution in [1.29, 1.82) is 5.26 Å². The largest absolute Gasteiger partial charge is 0.270 e. The number of halogens is 1. The van der Waals surface area contributed by atoms with Crippen LogP contribution < -0.4 is 0 Å². The standard InChI is InChI=1S/C19H14ClN7/c20-16-10-15(13-23-18(16)11-21)17-4-7-26(25-17)8-9-27-19(3-6-24-27)14-2-1-5-22-12-14/h1-7,10,12-13H,8-9H2. The average molecular weight is 376 g/mol. The predicted molar refractivity (Wildman–Crippen MR) is 101 cm³/mol. The predicted octanol–water partition coefficient (Wildman–Crippen LogP) is 3.43. The van der Waals surface area contributed by atoms with Crippen LogP contribution in [0.15, 0.2) is 61.3 Å². The molecule has 0 aliphatic heterocycles. The highest BCUT2D eigenvalue weighted by Crippen LogP contribution is 2.22. The highest BCUT2D eigenvalue weighted by Gasteiger charge is 2.09. The van der Waals surface area contributed by atoms with Crippen molar-refractivity contribution in [2.24, 2.45) is 0 Å². The van der Waals surface area contributed by atoms with E-state index < -0.39 is 0 Å². The molecule has 4 rings (SSSR count). The maximum absolute atomic E-state index is 8.92. The highest BCUT2D eigenvalue weighted by molar-refractivity contribution is 6.31. The van der Waals surface area contributed by atoms with E-state index in [1.54, 1.807) is 24.7 Å². The number of rotatable bonds is 5. The van der Waals surface area contributed by atoms with Crippen molar-refractivity contribution >= 4 is 11.6 Å². The molecule has 0 fully saturated rings. The molecule has 0 saturated heterocycles. The van der Waals surface area contributed by atoms with E-state index in [1.165, 1.54) is 0 Å². The minimum atomic E-state index is 0.210. The summed E-state index contributed by atoms with van der Waals surface area (Å²) in [7, 11) is 0. The first-order chi connectivity index (χ1) is 13.2. The summed E-state index contributed by atoms with van der Waals surface area (Å²) >= 11 is 6.05. The van der Waals surface area contributed by atoms with Gasteiger partial charge in [-0.2, -0.15) is 15.5 Å². The van der Waals surface area contributed by atoms with Crippen LogP contribution in [0.5, 0.6) is 0 Å². The van der Waals surface area contributed by atoms with Gasteiger partial charge in [-0.3, -0.25) is 14.3 Å². The molecule has 0 amide bonds. The van der Waals surface area contributed by atoms with Crippen molar-refractivity contribution in [1.82, 2.24) is 29.5 Å². The van der Waals surface area contributed by atoms with Gasteiger partial charge in [0.05, 0.1) is 29.5 Å². The Hall–Kier alpha value is -3.50. The van der Waals surface area contributed by atoms with Crippen LogP contribution in [0, 0.1) is 11.3 Å². The van der Waals surface area contributed by atoms with Gasteiger partial charge in [-0.25, -0.2) is 4.98 Å². The van der Waals surface area contributed by atoms with Crippen LogP contribution in [0.3, 0.4) is 0 Å². The molecule has 0 aromatic carbocycles. The number of nitrogens with zero attached hydrogens (tertiary/aromatic N) is 7. The number of pyridine rings is 2. The lowest BCUT2D eigenvalue weighted by Gasteiger charge is -2.07. The van der Waals surface area contributed by atoms with Gasteiger partial charge in [0.15, 0.2) is 5.69 Å². The Kier molecular flexibility index (Phi) is 4.64. The van der Waals surface area contributed by atoms with Gasteiger partial charge in [-0.1, -0.05) is 11.6 Å². The Morgan fingerprint density at radius 3 is 2.78 bits per heavy atom. The van der Waals surface area contributed by atoms with Crippen molar-refractivity contribution < 1.29 is 0 Å². The lowest BCUT2D eigenvalue weighted by atomic mass is 10.2. The summed E-state index contributed by atoms with van der Waals surface area (Å²) in [5.41, 5.74) is 3.77. The van der Waals surface area contributed by atoms with E-state index in [1.807, 2.05) is 52.1 Å². The number of hydrogen-bond acceptors (Lipinski definition) is 5. The summed E-state index contributed by atoms with van der Waals surface area (Å²) in [6.45, 7) is 1.33. The Balaban J connectivity index is 1.49. The van der Waals surface area contributed by atoms with Gasteiger partial charge in [0.2, 0.25) is 0 Å². The molecule has 0 saturated carbocycles. The van der Waals surface area contributed by atoms with Crippen LogP contribution in [0.25, 0.3) is 22.5 Å². The highest BCUT2D eigenvalue weighted by atomic mass is 35.5. The molecule has 0 unspecified atom stereocenters. The zero-order chi connectivity index (χ0) is 18.6. The summed E-state index contributed by atoms with van der Waals surface area (Å²) in [4.78, 5) is 8.21. The van der Waals surface area contributed by atoms with E-state index in [0.717, 1.165) is 22.5 Å². The Morgan fingerprint density at radius 1 is 1.07 bits per heavy atom. The van der Waals surface area contributed by atoms with Gasteiger partial charge < -0.3 is 0 Å². The fraction of sp³-hybridized carbons (Fsp3) is 0.105. The maximum Gasteiger partial charge on any atom is 0.159 e. The SMILES string of the molecule is N#Cc1ncc(-c2ccn(CCn3nccc3-c3cccnc3)n2)cc1Cl. The van der Waals surface area contributed by atoms with Crippen molar-refractivity contribution in [3.8, 4) is 28.6 Å². The summed E-state index contributed by atoms with van der Waals surface area (Å²) in [6, 6.07) is 11.4. The van der Waals surface area contributed by atoms with Gasteiger partial charge in [0, 0.05) is 42.1 Å². The fourth-order valence-corrected chi connectivity index (χ4v) is 2.98. The van der Waals surface area contributed by atoms with Crippen LogP contribution in [0.1, 0.15) is 5.69 Å². The van der Waals surface area contributed by atoms with Gasteiger partial charge in [-0.05, 0) is 30.3 Å². The zero-order valence-corrected chi connectivity index (χ0v) is 15.0. The van der Waals surface area contributed by atoms with Crippen molar-refractivity contribution in [3.63, 3.8) is 0 Å². The molecular formula is C19H14ClN7. The minimum Gasteiger partial charge on any atom is -0.270 e. The fourth-order valence-electron chi connectivity index (χ4n) is 2.77. The number of aryl methyl sites for hydroxylation is 2. The molecular weight excluding hydrogens is 362 g/mol. The van der Waals surface area contributed by atoms with Crippen LogP contribution in [-0.4, -0.2) is 29.5 Å². The molecule has 7 nitrogen and oxygen atoms in total. The van der Waals surface area contributed by atoms with E-state index in [4.69, 9.17) is 16.9 Å². The van der Waals surface area contributed by atoms with E-state index in [2.05, 4.69) is 20.2 Å². The topological polar surface area (TPSA) is 85.2 Å². The third-order valence-corrected chi connectivity index (χ3v) is 4.39. The molecule has 132 valence electrons. The molecule has 0 radical (unpaired) electrons. The first kappa shape index (κ1) is 16.9.